The van der Waals surface area contributed by atoms with E-state index in [0.717, 1.165) is 137 Å². The lowest BCUT2D eigenvalue weighted by molar-refractivity contribution is 0.392. The Morgan fingerprint density at radius 3 is 1.64 bits per heavy atom. The summed E-state index contributed by atoms with van der Waals surface area (Å²) in [6.45, 7) is -6.95. The molecule has 27 rings (SSSR count). The Morgan fingerprint density at radius 1 is 0.392 bits per heavy atom. The molecule has 20 aromatic rings. The number of fused-ring (bicyclic) bond motifs is 21. The van der Waals surface area contributed by atoms with Crippen LogP contribution in [0.2, 0.25) is 0 Å². The van der Waals surface area contributed by atoms with Crippen molar-refractivity contribution in [1.82, 2.24) is 4.57 Å². The molecule has 3 aromatic heterocycles. The van der Waals surface area contributed by atoms with Crippen molar-refractivity contribution < 1.29 is 66.0 Å². The predicted molar refractivity (Wildman–Crippen MR) is 607 cm³/mol. The minimum Gasteiger partial charge on any atom is -0.460 e. The third-order valence-electron chi connectivity index (χ3n) is 29.2. The van der Waals surface area contributed by atoms with Gasteiger partial charge in [-0.1, -0.05) is 329 Å². The van der Waals surface area contributed by atoms with Gasteiger partial charge < -0.3 is 38.1 Å². The Balaban J connectivity index is 0.000000178. The fourth-order valence-electron chi connectivity index (χ4n) is 23.1. The molecule has 17 aromatic carbocycles. The molecule has 7 aliphatic rings. The summed E-state index contributed by atoms with van der Waals surface area (Å²) in [5.41, 5.74) is 6.31. The summed E-state index contributed by atoms with van der Waals surface area (Å²) < 4.78 is 370. The van der Waals surface area contributed by atoms with Crippen molar-refractivity contribution >= 4 is 168 Å². The maximum Gasteiger partial charge on any atom is 0.258 e. The molecule has 0 saturated heterocycles. The van der Waals surface area contributed by atoms with Gasteiger partial charge in [0.25, 0.3) is 13.4 Å². The fraction of sp³-hybridized carbons (Fsp3) is 0.197. The lowest BCUT2D eigenvalue weighted by atomic mass is 9.34. The molecule has 0 amide bonds. The molecular weight excluding hydrogens is 1760 g/mol. The van der Waals surface area contributed by atoms with Gasteiger partial charge in [0.2, 0.25) is 0 Å². The molecule has 8 nitrogen and oxygen atoms in total. The fourth-order valence-corrected chi connectivity index (χ4v) is 24.3. The van der Waals surface area contributed by atoms with Crippen molar-refractivity contribution in [3.05, 3.63) is 414 Å². The first-order valence-electron chi connectivity index (χ1n) is 66.5. The molecule has 0 bridgehead atoms. The second-order valence-corrected chi connectivity index (χ2v) is 42.3. The second-order valence-electron chi connectivity index (χ2n) is 41.2. The number of para-hydroxylation sites is 3. The Hall–Kier alpha value is -15.0. The molecule has 0 radical (unpaired) electrons. The van der Waals surface area contributed by atoms with Crippen LogP contribution in [0.25, 0.3) is 81.2 Å². The van der Waals surface area contributed by atoms with Gasteiger partial charge in [-0.3, -0.25) is 0 Å². The molecule has 700 valence electrons. The highest BCUT2D eigenvalue weighted by molar-refractivity contribution is 7.28. The summed E-state index contributed by atoms with van der Waals surface area (Å²) in [4.78, 5) is 5.56. The number of furan rings is 1. The third-order valence-corrected chi connectivity index (χ3v) is 30.4. The van der Waals surface area contributed by atoms with Crippen LogP contribution in [0.3, 0.4) is 0 Å². The first-order valence-corrected chi connectivity index (χ1v) is 48.3. The zero-order valence-corrected chi connectivity index (χ0v) is 79.8. The minimum absolute atomic E-state index is 0. The minimum atomic E-state index is -4.22. The normalized spacial score (nSPS) is 19.2. The van der Waals surface area contributed by atoms with Crippen molar-refractivity contribution in [3.8, 4) is 62.2 Å². The SMILES string of the molecule is C.[2H]c1c([2H])c(C(C([2H])([2H])[2H])(C([2H])([2H])[2H])C([2H])([2H])[2H])c([2H])c([2H])c1N(c1c([2H])c([2H])c(C(C([2H])([2H])[2H])(C([2H])([2H])[2H])C([2H])([2H])[2H])c([2H])c1[2H])c1c([2H])c2c3c(c1[2H])N(c1ccc4c(c1)CC(C)(C)C4)c1cc4c(cc1B3c1c(ccc3c1sc1ccccc13)O2)CC(C)(C)C4.[2H]c1c([2H])c([2H])c(N(c2ccc3c(c2)N(c2ccc(C(C)(C)C)cc2)c2cc(-n4c5c(c6ccccc64)C(C)(C)c4cccc(-c6ccccc6)c4-5)cc4c2B3c2ccc3c(-c5ccccc5)coc3c2O4)c2c([2H])c([2H])c([2H])c([2H])c2[2H])c([2H])c1[2H]. The van der Waals surface area contributed by atoms with Gasteiger partial charge in [-0.25, -0.2) is 0 Å². The van der Waals surface area contributed by atoms with E-state index >= 15 is 0 Å². The Morgan fingerprint density at radius 2 is 0.965 bits per heavy atom. The van der Waals surface area contributed by atoms with Crippen LogP contribution in [0.1, 0.15) is 213 Å². The summed E-state index contributed by atoms with van der Waals surface area (Å²) in [5, 5.41) is 3.75. The van der Waals surface area contributed by atoms with Gasteiger partial charge in [0, 0.05) is 147 Å². The Labute approximate surface area is 899 Å². The molecule has 0 spiro atoms. The average Bonchev–Trinajstić information content (AvgIpc) is 1.60. The summed E-state index contributed by atoms with van der Waals surface area (Å²) in [7, 11) is 0. The maximum atomic E-state index is 11.0. The number of hydrogen-bond acceptors (Lipinski definition) is 8. The predicted octanol–water partition coefficient (Wildman–Crippen LogP) is 32.6. The molecule has 4 aliphatic heterocycles. The van der Waals surface area contributed by atoms with Crippen LogP contribution in [-0.2, 0) is 47.3 Å². The number of nitrogens with zero attached hydrogens (tertiary/aromatic N) is 5. The molecular formula is C132H117B2N5O3S. The van der Waals surface area contributed by atoms with Gasteiger partial charge in [0.15, 0.2) is 11.3 Å². The van der Waals surface area contributed by atoms with Crippen molar-refractivity contribution in [1.29, 1.82) is 0 Å². The van der Waals surface area contributed by atoms with Gasteiger partial charge in [-0.15, -0.1) is 11.3 Å². The molecule has 0 N–H and O–H groups in total. The van der Waals surface area contributed by atoms with Crippen LogP contribution < -0.4 is 61.9 Å². The summed E-state index contributed by atoms with van der Waals surface area (Å²) in [6, 6.07) is 58.7. The van der Waals surface area contributed by atoms with Crippen molar-refractivity contribution in [2.45, 2.75) is 158 Å². The quantitative estimate of drug-likeness (QED) is 0.120. The van der Waals surface area contributed by atoms with E-state index < -0.39 is 231 Å². The van der Waals surface area contributed by atoms with Crippen LogP contribution in [0.15, 0.2) is 368 Å². The number of aromatic nitrogens is 1. The molecule has 11 heteroatoms. The van der Waals surface area contributed by atoms with Gasteiger partial charge in [-0.05, 0) is 279 Å². The maximum absolute atomic E-state index is 11.0. The van der Waals surface area contributed by atoms with Crippen LogP contribution in [0.4, 0.5) is 68.2 Å². The van der Waals surface area contributed by atoms with E-state index in [1.54, 1.807) is 23.3 Å². The Bertz CT molecular complexity index is 10300. The van der Waals surface area contributed by atoms with E-state index in [1.165, 1.54) is 27.4 Å². The van der Waals surface area contributed by atoms with Crippen LogP contribution in [0.5, 0.6) is 23.0 Å². The highest BCUT2D eigenvalue weighted by Crippen LogP contribution is 2.59. The van der Waals surface area contributed by atoms with E-state index in [9.17, 15) is 19.2 Å². The van der Waals surface area contributed by atoms with E-state index in [-0.39, 0.29) is 52.0 Å². The standard InChI is InChI=1S/C71H54BN3O2.C60H59BN2OS.CH4/c1-70(2,3)47-33-35-50(36-34-47)74-61-41-51(73(48-25-14-8-15-26-48)49-27-16-9-17-28-49)37-39-58(61)72-59-40-38-54-56(46-23-12-7-13-24-46)44-76-68(54)69(59)77-63-43-52(42-62(74)66(63)72)75-60-32-19-18-29-55(60)65-67(75)64-53(45-21-10-6-11-22-45)30-20-31-57(64)71(65,4)5;1-57(2,3)40-16-21-42(22-17-40)62(43-23-18-41(19-24-43)58(4,5)6)45-30-50-54-52(31-45)64-51-26-25-47-46-13-11-12-14-53(46)65-56(47)55(51)61(54)48-28-38-34-60(9,10)35-39(38)29-49(48)63(50)44-20-15-36-32-59(7,8)33-37(36)27-44;/h6-44H,1-5H3;11-31H,32-35H2,1-10H3;1H4/i8D,9D,14D,15D,16D,17D,25D,26D,27D,28D;1D3,2D3,3D3,4D3,5D3,6D3,16D,17D,18D,19D,21D,22D,23D,24D,30D,31D;. The topological polar surface area (TPSA) is 49.5 Å². The first kappa shape index (κ1) is 57.2. The zero-order valence-electron chi connectivity index (χ0n) is 117. The number of benzene rings is 17. The summed E-state index contributed by atoms with van der Waals surface area (Å²) in [6.07, 6.45) is 4.39. The number of anilines is 12. The molecule has 7 heterocycles. The number of hydrogen-bond donors (Lipinski definition) is 0. The zero-order chi connectivity index (χ0) is 129. The van der Waals surface area contributed by atoms with E-state index in [2.05, 4.69) is 205 Å². The van der Waals surface area contributed by atoms with Gasteiger partial charge in [-0.2, -0.15) is 0 Å². The molecule has 0 fully saturated rings. The number of ether oxygens (including phenoxy) is 2. The summed E-state index contributed by atoms with van der Waals surface area (Å²) >= 11 is 1.49. The monoisotopic (exact) mass is 1910 g/mol. The smallest absolute Gasteiger partial charge is 0.258 e. The van der Waals surface area contributed by atoms with Gasteiger partial charge in [0.1, 0.15) is 17.2 Å². The summed E-state index contributed by atoms with van der Waals surface area (Å²) in [5.74, 6) is 0.994. The number of thiophene rings is 1. The highest BCUT2D eigenvalue weighted by Gasteiger charge is 2.50. The van der Waals surface area contributed by atoms with Gasteiger partial charge >= 0.3 is 0 Å². The Kier molecular flexibility index (Phi) is 13.1. The highest BCUT2D eigenvalue weighted by atomic mass is 32.1. The largest absolute Gasteiger partial charge is 0.460 e. The second kappa shape index (κ2) is 32.8. The van der Waals surface area contributed by atoms with E-state index in [1.807, 2.05) is 91.0 Å². The first-order chi connectivity index (χ1) is 84.4. The van der Waals surface area contributed by atoms with Crippen LogP contribution in [-0.4, -0.2) is 18.0 Å². The lowest BCUT2D eigenvalue weighted by Crippen LogP contribution is -2.59. The molecule has 0 unspecified atom stereocenters. The average molecular weight is 1910 g/mol. The third kappa shape index (κ3) is 14.5. The van der Waals surface area contributed by atoms with Crippen molar-refractivity contribution in [3.63, 3.8) is 0 Å². The number of rotatable bonds is 11. The molecule has 3 aliphatic carbocycles. The van der Waals surface area contributed by atoms with Gasteiger partial charge in [0.05, 0.1) is 56.3 Å². The van der Waals surface area contributed by atoms with E-state index in [0.29, 0.717) is 70.2 Å². The van der Waals surface area contributed by atoms with E-state index in [4.69, 9.17) is 46.8 Å². The molecule has 143 heavy (non-hydrogen) atoms. The van der Waals surface area contributed by atoms with Crippen molar-refractivity contribution in [2.75, 3.05) is 19.6 Å². The molecule has 0 atom stereocenters. The molecule has 0 saturated carbocycles. The lowest BCUT2D eigenvalue weighted by Gasteiger charge is -2.41. The van der Waals surface area contributed by atoms with Crippen molar-refractivity contribution in [2.24, 2.45) is 10.8 Å². The van der Waals surface area contributed by atoms with Crippen LogP contribution >= 0.6 is 11.3 Å². The van der Waals surface area contributed by atoms with Crippen LogP contribution in [0, 0.1) is 10.8 Å².